The van der Waals surface area contributed by atoms with E-state index < -0.39 is 5.91 Å². The second-order valence-electron chi connectivity index (χ2n) is 5.90. The van der Waals surface area contributed by atoms with Gasteiger partial charge in [-0.2, -0.15) is 5.26 Å². The van der Waals surface area contributed by atoms with Gasteiger partial charge in [0.1, 0.15) is 17.4 Å². The summed E-state index contributed by atoms with van der Waals surface area (Å²) in [5.74, 6) is 0.218. The molecule has 0 spiro atoms. The van der Waals surface area contributed by atoms with Gasteiger partial charge >= 0.3 is 0 Å². The molecule has 0 aliphatic rings. The number of nitrogens with one attached hydrogen (secondary N) is 1. The first-order chi connectivity index (χ1) is 12.7. The van der Waals surface area contributed by atoms with E-state index in [0.29, 0.717) is 23.6 Å². The maximum absolute atomic E-state index is 12.4. The lowest BCUT2D eigenvalue weighted by molar-refractivity contribution is -0.112. The highest BCUT2D eigenvalue weighted by Crippen LogP contribution is 2.21. The summed E-state index contributed by atoms with van der Waals surface area (Å²) in [6, 6.07) is 17.1. The normalized spacial score (nSPS) is 10.9. The molecule has 2 aromatic rings. The van der Waals surface area contributed by atoms with E-state index in [4.69, 9.17) is 4.74 Å². The molecule has 2 rings (SSSR count). The van der Waals surface area contributed by atoms with E-state index in [9.17, 15) is 10.1 Å². The van der Waals surface area contributed by atoms with Crippen LogP contribution in [0, 0.1) is 11.3 Å². The third-order valence-electron chi connectivity index (χ3n) is 3.91. The molecule has 2 aromatic carbocycles. The van der Waals surface area contributed by atoms with Gasteiger partial charge in [-0.15, -0.1) is 0 Å². The van der Waals surface area contributed by atoms with E-state index >= 15 is 0 Å². The average Bonchev–Trinajstić information content (AvgIpc) is 2.67. The van der Waals surface area contributed by atoms with Crippen molar-refractivity contribution >= 4 is 17.7 Å². The first-order valence-electron chi connectivity index (χ1n) is 8.91. The second-order valence-corrected chi connectivity index (χ2v) is 5.90. The Labute approximate surface area is 155 Å². The molecular weight excluding hydrogens is 324 g/mol. The molecule has 4 heteroatoms. The highest BCUT2D eigenvalue weighted by atomic mass is 16.5. The number of nitrogens with zero attached hydrogens (tertiary/aromatic N) is 1. The average molecular weight is 348 g/mol. The molecule has 0 radical (unpaired) electrons. The summed E-state index contributed by atoms with van der Waals surface area (Å²) in [7, 11) is 0. The number of benzene rings is 2. The Hall–Kier alpha value is -3.06. The number of ether oxygens (including phenoxy) is 1. The summed E-state index contributed by atoms with van der Waals surface area (Å²) in [5.41, 5.74) is 2.66. The Kier molecular flexibility index (Phi) is 7.45. The third kappa shape index (κ3) is 5.49. The number of carbonyl (C=O) groups excluding carboxylic acids is 1. The van der Waals surface area contributed by atoms with Crippen molar-refractivity contribution in [1.29, 1.82) is 5.26 Å². The van der Waals surface area contributed by atoms with Crippen LogP contribution in [-0.2, 0) is 11.2 Å². The topological polar surface area (TPSA) is 62.1 Å². The molecule has 0 heterocycles. The number of unbranched alkanes of at least 4 members (excludes halogenated alkanes) is 1. The lowest BCUT2D eigenvalue weighted by atomic mass is 10.1. The smallest absolute Gasteiger partial charge is 0.266 e. The number of amides is 1. The lowest BCUT2D eigenvalue weighted by Crippen LogP contribution is -2.13. The number of anilines is 1. The van der Waals surface area contributed by atoms with Crippen molar-refractivity contribution in [2.75, 3.05) is 11.9 Å². The van der Waals surface area contributed by atoms with Gasteiger partial charge in [0.2, 0.25) is 0 Å². The van der Waals surface area contributed by atoms with Crippen molar-refractivity contribution in [2.45, 2.75) is 33.1 Å². The number of para-hydroxylation sites is 1. The number of hydrogen-bond donors (Lipinski definition) is 1. The Morgan fingerprint density at radius 2 is 1.88 bits per heavy atom. The zero-order valence-electron chi connectivity index (χ0n) is 15.3. The summed E-state index contributed by atoms with van der Waals surface area (Å²) in [4.78, 5) is 12.4. The van der Waals surface area contributed by atoms with Crippen molar-refractivity contribution in [3.8, 4) is 11.8 Å². The van der Waals surface area contributed by atoms with Gasteiger partial charge in [-0.05, 0) is 49.6 Å². The van der Waals surface area contributed by atoms with Gasteiger partial charge in [-0.1, -0.05) is 43.7 Å². The molecule has 0 aliphatic heterocycles. The van der Waals surface area contributed by atoms with Crippen LogP contribution >= 0.6 is 0 Å². The molecule has 1 amide bonds. The van der Waals surface area contributed by atoms with Crippen molar-refractivity contribution in [1.82, 2.24) is 0 Å². The van der Waals surface area contributed by atoms with E-state index in [1.54, 1.807) is 6.08 Å². The maximum atomic E-state index is 12.4. The first kappa shape index (κ1) is 19.3. The number of aryl methyl sites for hydroxylation is 1. The van der Waals surface area contributed by atoms with E-state index in [1.165, 1.54) is 5.56 Å². The minimum Gasteiger partial charge on any atom is -0.493 e. The fourth-order valence-corrected chi connectivity index (χ4v) is 2.52. The zero-order chi connectivity index (χ0) is 18.8. The summed E-state index contributed by atoms with van der Waals surface area (Å²) in [5, 5.41) is 12.2. The van der Waals surface area contributed by atoms with Crippen LogP contribution in [0.2, 0.25) is 0 Å². The Bertz CT molecular complexity index is 802. The highest BCUT2D eigenvalue weighted by Gasteiger charge is 2.11. The SMILES string of the molecule is CCCCc1ccc(NC(=O)C(C#N)=Cc2ccccc2OCC)cc1. The minimum absolute atomic E-state index is 0.0345. The summed E-state index contributed by atoms with van der Waals surface area (Å²) in [6.07, 6.45) is 4.88. The van der Waals surface area contributed by atoms with Crippen LogP contribution in [0.25, 0.3) is 6.08 Å². The van der Waals surface area contributed by atoms with Gasteiger partial charge in [-0.3, -0.25) is 4.79 Å². The highest BCUT2D eigenvalue weighted by molar-refractivity contribution is 6.09. The van der Waals surface area contributed by atoms with Crippen LogP contribution in [0.3, 0.4) is 0 Å². The molecule has 0 saturated heterocycles. The summed E-state index contributed by atoms with van der Waals surface area (Å²) in [6.45, 7) is 4.57. The fraction of sp³-hybridized carbons (Fsp3) is 0.273. The van der Waals surface area contributed by atoms with Crippen LogP contribution in [0.5, 0.6) is 5.75 Å². The van der Waals surface area contributed by atoms with Crippen LogP contribution in [0.15, 0.2) is 54.1 Å². The van der Waals surface area contributed by atoms with Crippen molar-refractivity contribution in [3.05, 3.63) is 65.2 Å². The lowest BCUT2D eigenvalue weighted by Gasteiger charge is -2.08. The molecule has 4 nitrogen and oxygen atoms in total. The molecule has 0 aromatic heterocycles. The van der Waals surface area contributed by atoms with Gasteiger partial charge in [0.25, 0.3) is 5.91 Å². The zero-order valence-corrected chi connectivity index (χ0v) is 15.3. The Morgan fingerprint density at radius 3 is 2.54 bits per heavy atom. The van der Waals surface area contributed by atoms with Gasteiger partial charge in [0.15, 0.2) is 0 Å². The number of rotatable bonds is 8. The van der Waals surface area contributed by atoms with Crippen molar-refractivity contribution in [3.63, 3.8) is 0 Å². The van der Waals surface area contributed by atoms with E-state index in [2.05, 4.69) is 12.2 Å². The van der Waals surface area contributed by atoms with E-state index in [0.717, 1.165) is 19.3 Å². The number of nitriles is 1. The number of hydrogen-bond acceptors (Lipinski definition) is 3. The van der Waals surface area contributed by atoms with Gasteiger partial charge in [0, 0.05) is 11.3 Å². The molecule has 0 unspecified atom stereocenters. The molecule has 0 saturated carbocycles. The largest absolute Gasteiger partial charge is 0.493 e. The minimum atomic E-state index is -0.430. The second kappa shape index (κ2) is 10.0. The van der Waals surface area contributed by atoms with Crippen LogP contribution in [0.1, 0.15) is 37.8 Å². The first-order valence-corrected chi connectivity index (χ1v) is 8.91. The maximum Gasteiger partial charge on any atom is 0.266 e. The summed E-state index contributed by atoms with van der Waals surface area (Å²) >= 11 is 0. The number of carbonyl (C=O) groups is 1. The van der Waals surface area contributed by atoms with Crippen LogP contribution < -0.4 is 10.1 Å². The summed E-state index contributed by atoms with van der Waals surface area (Å²) < 4.78 is 5.54. The van der Waals surface area contributed by atoms with Gasteiger partial charge in [-0.25, -0.2) is 0 Å². The molecule has 0 aliphatic carbocycles. The fourth-order valence-electron chi connectivity index (χ4n) is 2.52. The standard InChI is InChI=1S/C22H24N2O2/c1-3-5-8-17-11-13-20(14-12-17)24-22(25)19(16-23)15-18-9-6-7-10-21(18)26-4-2/h6-7,9-15H,3-5,8H2,1-2H3,(H,24,25). The molecule has 1 N–H and O–H groups in total. The van der Waals surface area contributed by atoms with E-state index in [-0.39, 0.29) is 5.57 Å². The molecular formula is C22H24N2O2. The van der Waals surface area contributed by atoms with Crippen LogP contribution in [0.4, 0.5) is 5.69 Å². The predicted molar refractivity (Wildman–Crippen MR) is 105 cm³/mol. The van der Waals surface area contributed by atoms with E-state index in [1.807, 2.05) is 61.5 Å². The van der Waals surface area contributed by atoms with Crippen molar-refractivity contribution in [2.24, 2.45) is 0 Å². The molecule has 0 bridgehead atoms. The molecule has 26 heavy (non-hydrogen) atoms. The van der Waals surface area contributed by atoms with Crippen LogP contribution in [-0.4, -0.2) is 12.5 Å². The molecule has 0 fully saturated rings. The monoisotopic (exact) mass is 348 g/mol. The molecule has 0 atom stereocenters. The quantitative estimate of drug-likeness (QED) is 0.541. The van der Waals surface area contributed by atoms with Crippen molar-refractivity contribution < 1.29 is 9.53 Å². The van der Waals surface area contributed by atoms with Gasteiger partial charge < -0.3 is 10.1 Å². The molecule has 134 valence electrons. The Balaban J connectivity index is 2.13. The van der Waals surface area contributed by atoms with Gasteiger partial charge in [0.05, 0.1) is 6.61 Å². The predicted octanol–water partition coefficient (Wildman–Crippen LogP) is 4.97. The third-order valence-corrected chi connectivity index (χ3v) is 3.91. The Morgan fingerprint density at radius 1 is 1.15 bits per heavy atom.